The van der Waals surface area contributed by atoms with Crippen LogP contribution in [0.5, 0.6) is 0 Å². The molecule has 0 aliphatic heterocycles. The van der Waals surface area contributed by atoms with Crippen molar-refractivity contribution in [3.8, 4) is 0 Å². The van der Waals surface area contributed by atoms with Gasteiger partial charge in [0.05, 0.1) is 6.04 Å². The van der Waals surface area contributed by atoms with Crippen molar-refractivity contribution in [2.45, 2.75) is 64.8 Å². The summed E-state index contributed by atoms with van der Waals surface area (Å²) in [5.41, 5.74) is 5.70. The highest BCUT2D eigenvalue weighted by Crippen LogP contribution is 2.34. The number of rotatable bonds is 8. The van der Waals surface area contributed by atoms with Crippen LogP contribution in [0.3, 0.4) is 0 Å². The molecule has 0 aromatic heterocycles. The highest BCUT2D eigenvalue weighted by atomic mass is 16.1. The van der Waals surface area contributed by atoms with Crippen molar-refractivity contribution in [2.24, 2.45) is 17.6 Å². The maximum Gasteiger partial charge on any atom is 0.146 e. The minimum Gasteiger partial charge on any atom is -0.322 e. The van der Waals surface area contributed by atoms with Gasteiger partial charge < -0.3 is 5.73 Å². The van der Waals surface area contributed by atoms with Gasteiger partial charge in [0.1, 0.15) is 5.78 Å². The Kier molecular flexibility index (Phi) is 5.30. The second kappa shape index (κ2) is 6.26. The second-order valence-electron chi connectivity index (χ2n) is 5.27. The molecule has 15 heavy (non-hydrogen) atoms. The number of hydrogen-bond donors (Lipinski definition) is 1. The van der Waals surface area contributed by atoms with Crippen molar-refractivity contribution in [1.82, 2.24) is 0 Å². The summed E-state index contributed by atoms with van der Waals surface area (Å²) in [7, 11) is 0. The van der Waals surface area contributed by atoms with E-state index in [0.29, 0.717) is 0 Å². The van der Waals surface area contributed by atoms with Gasteiger partial charge in [0.25, 0.3) is 0 Å². The second-order valence-corrected chi connectivity index (χ2v) is 5.27. The summed E-state index contributed by atoms with van der Waals surface area (Å²) in [5, 5.41) is 0. The van der Waals surface area contributed by atoms with Crippen LogP contribution in [0.1, 0.15) is 58.8 Å². The van der Waals surface area contributed by atoms with Gasteiger partial charge in [0.2, 0.25) is 0 Å². The smallest absolute Gasteiger partial charge is 0.146 e. The molecule has 0 saturated heterocycles. The summed E-state index contributed by atoms with van der Waals surface area (Å²) < 4.78 is 0. The molecule has 1 rings (SSSR count). The maximum absolute atomic E-state index is 10.9. The minimum atomic E-state index is -0.226. The lowest BCUT2D eigenvalue weighted by Crippen LogP contribution is -2.28. The molecule has 1 saturated carbocycles. The van der Waals surface area contributed by atoms with Crippen LogP contribution < -0.4 is 5.73 Å². The lowest BCUT2D eigenvalue weighted by atomic mass is 9.95. The number of hydrogen-bond acceptors (Lipinski definition) is 2. The van der Waals surface area contributed by atoms with Crippen LogP contribution >= 0.6 is 0 Å². The van der Waals surface area contributed by atoms with Gasteiger partial charge >= 0.3 is 0 Å². The van der Waals surface area contributed by atoms with Crippen molar-refractivity contribution in [1.29, 1.82) is 0 Å². The Labute approximate surface area is 93.6 Å². The first-order valence-electron chi connectivity index (χ1n) is 6.35. The van der Waals surface area contributed by atoms with Crippen LogP contribution in [0.25, 0.3) is 0 Å². The van der Waals surface area contributed by atoms with Crippen molar-refractivity contribution >= 4 is 5.78 Å². The Morgan fingerprint density at radius 2 is 2.00 bits per heavy atom. The van der Waals surface area contributed by atoms with Crippen LogP contribution in [0.2, 0.25) is 0 Å². The molecule has 2 atom stereocenters. The molecule has 2 N–H and O–H groups in total. The Hall–Kier alpha value is -0.370. The van der Waals surface area contributed by atoms with E-state index in [-0.39, 0.29) is 11.8 Å². The van der Waals surface area contributed by atoms with Crippen LogP contribution in [0, 0.1) is 11.8 Å². The highest BCUT2D eigenvalue weighted by Gasteiger charge is 2.20. The maximum atomic E-state index is 10.9. The van der Waals surface area contributed by atoms with Crippen LogP contribution in [-0.2, 0) is 4.79 Å². The summed E-state index contributed by atoms with van der Waals surface area (Å²) in [6, 6.07) is -0.226. The van der Waals surface area contributed by atoms with Gasteiger partial charge in [0, 0.05) is 0 Å². The molecule has 0 aromatic carbocycles. The normalized spacial score (nSPS) is 19.9. The molecule has 2 heteroatoms. The monoisotopic (exact) mass is 211 g/mol. The number of carbonyl (C=O) groups excluding carboxylic acids is 1. The average molecular weight is 211 g/mol. The molecule has 0 spiro atoms. The molecule has 2 nitrogen and oxygen atoms in total. The minimum absolute atomic E-state index is 0.125. The molecular weight excluding hydrogens is 186 g/mol. The molecule has 1 aliphatic carbocycles. The predicted octanol–water partition coefficient (Wildman–Crippen LogP) is 2.90. The van der Waals surface area contributed by atoms with E-state index in [2.05, 4.69) is 6.92 Å². The zero-order chi connectivity index (χ0) is 11.3. The van der Waals surface area contributed by atoms with Crippen molar-refractivity contribution in [3.05, 3.63) is 0 Å². The van der Waals surface area contributed by atoms with Gasteiger partial charge in [-0.3, -0.25) is 4.79 Å². The third kappa shape index (κ3) is 5.93. The Morgan fingerprint density at radius 1 is 1.33 bits per heavy atom. The summed E-state index contributed by atoms with van der Waals surface area (Å²) in [4.78, 5) is 10.9. The largest absolute Gasteiger partial charge is 0.322 e. The van der Waals surface area contributed by atoms with Crippen LogP contribution in [0.4, 0.5) is 0 Å². The molecule has 1 aliphatic rings. The van der Waals surface area contributed by atoms with Crippen molar-refractivity contribution < 1.29 is 4.79 Å². The third-order valence-corrected chi connectivity index (χ3v) is 3.50. The van der Waals surface area contributed by atoms with E-state index in [0.717, 1.165) is 24.7 Å². The van der Waals surface area contributed by atoms with E-state index in [1.54, 1.807) is 6.92 Å². The first-order chi connectivity index (χ1) is 7.09. The van der Waals surface area contributed by atoms with E-state index in [9.17, 15) is 4.79 Å². The number of ketones is 1. The van der Waals surface area contributed by atoms with E-state index in [4.69, 9.17) is 5.73 Å². The summed E-state index contributed by atoms with van der Waals surface area (Å²) in [6.45, 7) is 3.86. The predicted molar refractivity (Wildman–Crippen MR) is 63.6 cm³/mol. The first kappa shape index (κ1) is 12.7. The number of Topliss-reactive ketones (excluding diaryl/α,β-unsaturated/α-hetero) is 1. The van der Waals surface area contributed by atoms with E-state index in [1.165, 1.54) is 32.1 Å². The standard InChI is InChI=1S/C13H25NO/c1-10(4-3-5-12-7-8-12)6-9-13(14)11(2)15/h10,12-13H,3-9,14H2,1-2H3. The fraction of sp³-hybridized carbons (Fsp3) is 0.923. The van der Waals surface area contributed by atoms with Crippen molar-refractivity contribution in [3.63, 3.8) is 0 Å². The molecule has 0 bridgehead atoms. The van der Waals surface area contributed by atoms with Gasteiger partial charge in [-0.2, -0.15) is 0 Å². The Morgan fingerprint density at radius 3 is 2.53 bits per heavy atom. The number of nitrogens with two attached hydrogens (primary N) is 1. The zero-order valence-electron chi connectivity index (χ0n) is 10.2. The van der Waals surface area contributed by atoms with E-state index in [1.807, 2.05) is 0 Å². The first-order valence-corrected chi connectivity index (χ1v) is 6.35. The molecule has 0 amide bonds. The quantitative estimate of drug-likeness (QED) is 0.671. The van der Waals surface area contributed by atoms with Gasteiger partial charge in [-0.15, -0.1) is 0 Å². The van der Waals surface area contributed by atoms with Gasteiger partial charge in [-0.1, -0.05) is 39.0 Å². The Bertz CT molecular complexity index is 199. The topological polar surface area (TPSA) is 43.1 Å². The molecule has 0 aromatic rings. The van der Waals surface area contributed by atoms with Crippen molar-refractivity contribution in [2.75, 3.05) is 0 Å². The molecule has 88 valence electrons. The number of carbonyl (C=O) groups is 1. The summed E-state index contributed by atoms with van der Waals surface area (Å²) in [5.74, 6) is 1.91. The molecular formula is C13H25NO. The summed E-state index contributed by atoms with van der Waals surface area (Å²) >= 11 is 0. The fourth-order valence-electron chi connectivity index (χ4n) is 1.97. The van der Waals surface area contributed by atoms with Crippen LogP contribution in [0.15, 0.2) is 0 Å². The van der Waals surface area contributed by atoms with Gasteiger partial charge in [0.15, 0.2) is 0 Å². The zero-order valence-corrected chi connectivity index (χ0v) is 10.2. The molecule has 2 unspecified atom stereocenters. The lowest BCUT2D eigenvalue weighted by molar-refractivity contribution is -0.118. The third-order valence-electron chi connectivity index (χ3n) is 3.50. The lowest BCUT2D eigenvalue weighted by Gasteiger charge is -2.13. The SMILES string of the molecule is CC(=O)C(N)CCC(C)CCCC1CC1. The highest BCUT2D eigenvalue weighted by molar-refractivity contribution is 5.80. The Balaban J connectivity index is 1.96. The molecule has 0 radical (unpaired) electrons. The molecule has 0 heterocycles. The summed E-state index contributed by atoms with van der Waals surface area (Å²) in [6.07, 6.45) is 8.98. The van der Waals surface area contributed by atoms with Crippen LogP contribution in [-0.4, -0.2) is 11.8 Å². The average Bonchev–Trinajstić information content (AvgIpc) is 2.97. The van der Waals surface area contributed by atoms with Gasteiger partial charge in [-0.25, -0.2) is 0 Å². The van der Waals surface area contributed by atoms with Gasteiger partial charge in [-0.05, 0) is 31.6 Å². The van der Waals surface area contributed by atoms with E-state index < -0.39 is 0 Å². The van der Waals surface area contributed by atoms with E-state index >= 15 is 0 Å². The fourth-order valence-corrected chi connectivity index (χ4v) is 1.97. The molecule has 1 fully saturated rings.